The van der Waals surface area contributed by atoms with Gasteiger partial charge in [-0.2, -0.15) is 9.36 Å². The van der Waals surface area contributed by atoms with Crippen LogP contribution < -0.4 is 11.1 Å². The molecule has 1 saturated heterocycles. The number of nitrogens with zero attached hydrogens (tertiary/aromatic N) is 4. The highest BCUT2D eigenvalue weighted by Crippen LogP contribution is 2.42. The lowest BCUT2D eigenvalue weighted by Crippen LogP contribution is -2.72. The molecule has 2 aliphatic heterocycles. The highest BCUT2D eigenvalue weighted by molar-refractivity contribution is 7.09. The number of carbonyl (C=O) groups is 3. The maximum absolute atomic E-state index is 14.3. The van der Waals surface area contributed by atoms with E-state index in [0.717, 1.165) is 39.3 Å². The normalized spacial score (nSPS) is 16.7. The molecular weight excluding hydrogens is 753 g/mol. The molecule has 3 heterocycles. The Morgan fingerprint density at radius 1 is 0.828 bits per heavy atom. The summed E-state index contributed by atoms with van der Waals surface area (Å²) in [6.07, 6.45) is -0.111. The number of hydrogen-bond acceptors (Lipinski definition) is 11. The minimum absolute atomic E-state index is 0.0318. The van der Waals surface area contributed by atoms with E-state index in [0.29, 0.717) is 18.4 Å². The van der Waals surface area contributed by atoms with Crippen molar-refractivity contribution >= 4 is 40.2 Å². The number of nitrogen functional groups attached to an aromatic ring is 1. The van der Waals surface area contributed by atoms with Gasteiger partial charge in [-0.3, -0.25) is 14.5 Å². The number of amides is 2. The number of ether oxygens (including phenoxy) is 1. The van der Waals surface area contributed by atoms with Gasteiger partial charge in [0.15, 0.2) is 11.2 Å². The fraction of sp³-hybridized carbons (Fsp3) is 0.156. The minimum atomic E-state index is -1.33. The summed E-state index contributed by atoms with van der Waals surface area (Å²) in [5.41, 5.74) is 8.38. The number of rotatable bonds is 13. The predicted octanol–water partition coefficient (Wildman–Crippen LogP) is 5.90. The summed E-state index contributed by atoms with van der Waals surface area (Å²) in [4.78, 5) is 54.6. The van der Waals surface area contributed by atoms with Crippen molar-refractivity contribution in [2.45, 2.75) is 36.6 Å². The van der Waals surface area contributed by atoms with Crippen LogP contribution in [0.25, 0.3) is 0 Å². The average Bonchev–Trinajstić information content (AvgIpc) is 3.72. The molecule has 1 fully saturated rings. The Morgan fingerprint density at radius 2 is 1.33 bits per heavy atom. The number of β-lactam (4-membered cyclic amide) rings is 1. The van der Waals surface area contributed by atoms with Crippen LogP contribution in [0.4, 0.5) is 5.13 Å². The van der Waals surface area contributed by atoms with Crippen LogP contribution in [-0.4, -0.2) is 61.5 Å². The van der Waals surface area contributed by atoms with E-state index in [9.17, 15) is 19.5 Å². The maximum atomic E-state index is 14.3. The highest BCUT2D eigenvalue weighted by Gasteiger charge is 2.54. The summed E-state index contributed by atoms with van der Waals surface area (Å²) < 4.78 is 10.4. The molecule has 0 bridgehead atoms. The van der Waals surface area contributed by atoms with Crippen molar-refractivity contribution in [1.82, 2.24) is 19.6 Å². The Hall–Kier alpha value is -6.96. The number of nitrogens with two attached hydrogens (primary N) is 1. The van der Waals surface area contributed by atoms with E-state index < -0.39 is 48.2 Å². The molecule has 2 aliphatic rings. The van der Waals surface area contributed by atoms with Crippen molar-refractivity contribution < 1.29 is 29.1 Å². The van der Waals surface area contributed by atoms with Gasteiger partial charge in [0, 0.05) is 28.2 Å². The van der Waals surface area contributed by atoms with Crippen LogP contribution in [0.3, 0.4) is 0 Å². The highest BCUT2D eigenvalue weighted by atomic mass is 32.1. The van der Waals surface area contributed by atoms with Gasteiger partial charge in [0.2, 0.25) is 17.1 Å². The number of aliphatic hydroxyl groups is 1. The molecule has 5 aromatic carbocycles. The Labute approximate surface area is 338 Å². The van der Waals surface area contributed by atoms with Crippen molar-refractivity contribution in [1.29, 1.82) is 0 Å². The van der Waals surface area contributed by atoms with Gasteiger partial charge >= 0.3 is 5.97 Å². The average molecular weight is 791 g/mol. The topological polar surface area (TPSA) is 169 Å². The summed E-state index contributed by atoms with van der Waals surface area (Å²) >= 11 is 0.882. The van der Waals surface area contributed by atoms with Gasteiger partial charge in [0.1, 0.15) is 11.7 Å². The van der Waals surface area contributed by atoms with E-state index in [1.807, 2.05) is 152 Å². The van der Waals surface area contributed by atoms with E-state index >= 15 is 0 Å². The summed E-state index contributed by atoms with van der Waals surface area (Å²) in [6, 6.07) is 45.4. The number of aromatic nitrogens is 2. The Bertz CT molecular complexity index is 2330. The summed E-state index contributed by atoms with van der Waals surface area (Å²) in [7, 11) is 0. The van der Waals surface area contributed by atoms with Crippen LogP contribution in [0.15, 0.2) is 168 Å². The molecule has 12 nitrogen and oxygen atoms in total. The molecule has 6 aromatic rings. The van der Waals surface area contributed by atoms with E-state index in [2.05, 4.69) is 19.8 Å². The van der Waals surface area contributed by atoms with E-state index in [4.69, 9.17) is 15.3 Å². The van der Waals surface area contributed by atoms with Crippen molar-refractivity contribution in [2.75, 3.05) is 12.3 Å². The van der Waals surface area contributed by atoms with Crippen molar-refractivity contribution in [2.24, 2.45) is 5.16 Å². The van der Waals surface area contributed by atoms with Gasteiger partial charge < -0.3 is 25.7 Å². The monoisotopic (exact) mass is 790 g/mol. The van der Waals surface area contributed by atoms with Gasteiger partial charge in [0.25, 0.3) is 11.8 Å². The Kier molecular flexibility index (Phi) is 10.9. The van der Waals surface area contributed by atoms with Crippen LogP contribution in [0, 0.1) is 0 Å². The molecule has 1 aromatic heterocycles. The van der Waals surface area contributed by atoms with Crippen LogP contribution in [0.1, 0.15) is 52.6 Å². The first-order chi connectivity index (χ1) is 28.4. The lowest BCUT2D eigenvalue weighted by atomic mass is 9.80. The predicted molar refractivity (Wildman–Crippen MR) is 218 cm³/mol. The number of nitrogens with one attached hydrogen (secondary N) is 1. The van der Waals surface area contributed by atoms with Gasteiger partial charge in [-0.05, 0) is 29.5 Å². The van der Waals surface area contributed by atoms with Crippen molar-refractivity contribution in [3.8, 4) is 0 Å². The molecule has 13 heteroatoms. The third-order valence-corrected chi connectivity index (χ3v) is 10.9. The van der Waals surface area contributed by atoms with E-state index in [1.54, 1.807) is 0 Å². The zero-order valence-electron chi connectivity index (χ0n) is 31.1. The molecule has 0 aliphatic carbocycles. The largest absolute Gasteiger partial charge is 0.448 e. The van der Waals surface area contributed by atoms with Crippen LogP contribution >= 0.6 is 11.5 Å². The van der Waals surface area contributed by atoms with Gasteiger partial charge in [0.05, 0.1) is 12.6 Å². The second-order valence-electron chi connectivity index (χ2n) is 13.7. The molecule has 0 spiro atoms. The number of fused-ring (bicyclic) bond motifs is 1. The fourth-order valence-corrected chi connectivity index (χ4v) is 7.98. The Morgan fingerprint density at radius 3 is 1.79 bits per heavy atom. The molecule has 58 heavy (non-hydrogen) atoms. The van der Waals surface area contributed by atoms with Crippen molar-refractivity contribution in [3.05, 3.63) is 197 Å². The van der Waals surface area contributed by atoms with Crippen LogP contribution in [0.2, 0.25) is 0 Å². The number of carbonyl (C=O) groups excluding carboxylic acids is 3. The number of aliphatic hydroxyl groups excluding tert-OH is 1. The zero-order valence-corrected chi connectivity index (χ0v) is 31.9. The zero-order chi connectivity index (χ0) is 40.1. The quantitative estimate of drug-likeness (QED) is 0.0424. The molecule has 290 valence electrons. The number of hydrogen-bond donors (Lipinski definition) is 3. The first-order valence-electron chi connectivity index (χ1n) is 18.7. The lowest BCUT2D eigenvalue weighted by Gasteiger charge is -2.50. The third-order valence-electron chi connectivity index (χ3n) is 10.3. The third kappa shape index (κ3) is 7.24. The fourth-order valence-electron chi connectivity index (χ4n) is 7.54. The molecule has 0 unspecified atom stereocenters. The smallest absolute Gasteiger partial charge is 0.356 e. The first kappa shape index (κ1) is 37.9. The summed E-state index contributed by atoms with van der Waals surface area (Å²) in [6.45, 7) is -0.448. The number of benzene rings is 5. The second kappa shape index (κ2) is 16.6. The number of esters is 1. The minimum Gasteiger partial charge on any atom is -0.448 e. The van der Waals surface area contributed by atoms with Crippen LogP contribution in [0.5, 0.6) is 0 Å². The van der Waals surface area contributed by atoms with E-state index in [1.165, 1.54) is 4.90 Å². The molecule has 0 saturated carbocycles. The first-order valence-corrected chi connectivity index (χ1v) is 19.5. The lowest BCUT2D eigenvalue weighted by molar-refractivity contribution is -0.159. The van der Waals surface area contributed by atoms with Gasteiger partial charge in [-0.25, -0.2) is 4.79 Å². The standard InChI is InChI=1S/C45H38N6O6S/c46-44-48-40(50-58-44)37(49-57-45(32-20-10-3-11-21-32,33-22-12-4-13-23-33)34-24-14-5-15-25-34)41(53)47-36-35-27-26-31(28-52)38(51(35)42(36)54)43(55)56-39(29-16-6-1-7-17-29)30-18-8-2-9-19-30/h1-25,35-36,39,52H,26-28H2,(H,47,53)(H2,46,48,50)/b49-37+/t35-,36+/m1/s1. The summed E-state index contributed by atoms with van der Waals surface area (Å²) in [5, 5.41) is 17.8. The van der Waals surface area contributed by atoms with Crippen molar-refractivity contribution in [3.63, 3.8) is 0 Å². The second-order valence-corrected chi connectivity index (χ2v) is 14.5. The maximum Gasteiger partial charge on any atom is 0.356 e. The molecule has 4 N–H and O–H groups in total. The number of anilines is 1. The van der Waals surface area contributed by atoms with Gasteiger partial charge in [-0.1, -0.05) is 157 Å². The molecular formula is C45H38N6O6S. The molecule has 2 atom stereocenters. The molecule has 8 rings (SSSR count). The Balaban J connectivity index is 1.10. The molecule has 0 radical (unpaired) electrons. The molecule has 2 amide bonds. The van der Waals surface area contributed by atoms with Gasteiger partial charge in [-0.15, -0.1) is 0 Å². The number of oxime groups is 1. The summed E-state index contributed by atoms with van der Waals surface area (Å²) in [5.74, 6) is -2.19. The SMILES string of the molecule is Nc1nc(/C(=N\OC(c2ccccc2)(c2ccccc2)c2ccccc2)C(=O)N[C@@H]2C(=O)N3C(C(=O)OC(c4ccccc4)c4ccccc4)=C(CO)CC[C@H]23)ns1. The van der Waals surface area contributed by atoms with E-state index in [-0.39, 0.29) is 22.4 Å². The van der Waals surface area contributed by atoms with Crippen LogP contribution in [-0.2, 0) is 29.6 Å².